The van der Waals surface area contributed by atoms with Gasteiger partial charge >= 0.3 is 0 Å². The fraction of sp³-hybridized carbons (Fsp3) is 0.500. The van der Waals surface area contributed by atoms with E-state index in [1.807, 2.05) is 0 Å². The first kappa shape index (κ1) is 18.0. The van der Waals surface area contributed by atoms with E-state index in [-0.39, 0.29) is 5.91 Å². The number of unbranched alkanes of at least 4 members (excludes halogenated alkanes) is 5. The molecular weight excluding hydrogens is 307 g/mol. The monoisotopic (exact) mass is 328 g/mol. The van der Waals surface area contributed by atoms with Gasteiger partial charge in [0.1, 0.15) is 0 Å². The summed E-state index contributed by atoms with van der Waals surface area (Å²) in [4.78, 5) is 11.6. The summed E-state index contributed by atoms with van der Waals surface area (Å²) < 4.78 is 0. The smallest absolute Gasteiger partial charge is 0.240 e. The highest BCUT2D eigenvalue weighted by molar-refractivity contribution is 6.36. The second kappa shape index (κ2) is 10.6. The first-order valence-corrected chi connectivity index (χ1v) is 8.16. The molecule has 5 heteroatoms. The van der Waals surface area contributed by atoms with Gasteiger partial charge in [0.2, 0.25) is 5.91 Å². The Morgan fingerprint density at radius 1 is 1.19 bits per heavy atom. The highest BCUT2D eigenvalue weighted by atomic mass is 35.5. The summed E-state index contributed by atoms with van der Waals surface area (Å²) in [5, 5.41) is 4.99. The van der Waals surface area contributed by atoms with Gasteiger partial charge in [0, 0.05) is 17.0 Å². The summed E-state index contributed by atoms with van der Waals surface area (Å²) in [7, 11) is 0. The molecule has 1 aromatic rings. The van der Waals surface area contributed by atoms with Crippen LogP contribution >= 0.6 is 23.2 Å². The highest BCUT2D eigenvalue weighted by Gasteiger charge is 2.00. The van der Waals surface area contributed by atoms with Gasteiger partial charge in [-0.2, -0.15) is 5.10 Å². The quantitative estimate of drug-likeness (QED) is 0.378. The van der Waals surface area contributed by atoms with E-state index in [1.54, 1.807) is 18.2 Å². The van der Waals surface area contributed by atoms with Crippen LogP contribution in [0, 0.1) is 0 Å². The normalized spacial score (nSPS) is 11.0. The molecular formula is C16H22Cl2N2O. The van der Waals surface area contributed by atoms with Crippen molar-refractivity contribution in [2.24, 2.45) is 5.10 Å². The van der Waals surface area contributed by atoms with E-state index in [2.05, 4.69) is 17.5 Å². The van der Waals surface area contributed by atoms with Crippen molar-refractivity contribution in [2.75, 3.05) is 0 Å². The first-order chi connectivity index (χ1) is 10.1. The van der Waals surface area contributed by atoms with E-state index < -0.39 is 0 Å². The van der Waals surface area contributed by atoms with Crippen LogP contribution in [0.1, 0.15) is 57.4 Å². The Kier molecular flexibility index (Phi) is 9.11. The molecule has 0 aromatic heterocycles. The molecule has 0 bridgehead atoms. The molecule has 0 saturated heterocycles. The molecule has 1 aromatic carbocycles. The third-order valence-electron chi connectivity index (χ3n) is 3.11. The van der Waals surface area contributed by atoms with Crippen LogP contribution in [-0.2, 0) is 4.79 Å². The van der Waals surface area contributed by atoms with Gasteiger partial charge in [-0.25, -0.2) is 5.43 Å². The summed E-state index contributed by atoms with van der Waals surface area (Å²) in [6.45, 7) is 2.19. The standard InChI is InChI=1S/C16H22Cl2N2O/c1-2-3-4-5-6-7-8-16(21)20-19-12-13-9-10-14(17)11-15(13)18/h9-12H,2-8H2,1H3,(H,20,21)/b19-12+. The van der Waals surface area contributed by atoms with Crippen LogP contribution in [0.5, 0.6) is 0 Å². The van der Waals surface area contributed by atoms with Gasteiger partial charge in [-0.15, -0.1) is 0 Å². The molecule has 0 heterocycles. The van der Waals surface area contributed by atoms with Crippen LogP contribution < -0.4 is 5.43 Å². The van der Waals surface area contributed by atoms with Crippen molar-refractivity contribution >= 4 is 35.3 Å². The lowest BCUT2D eigenvalue weighted by atomic mass is 10.1. The third-order valence-corrected chi connectivity index (χ3v) is 3.68. The van der Waals surface area contributed by atoms with Crippen molar-refractivity contribution in [3.63, 3.8) is 0 Å². The number of benzene rings is 1. The summed E-state index contributed by atoms with van der Waals surface area (Å²) in [6, 6.07) is 5.13. The predicted molar refractivity (Wildman–Crippen MR) is 90.2 cm³/mol. The zero-order valence-electron chi connectivity index (χ0n) is 12.4. The lowest BCUT2D eigenvalue weighted by Crippen LogP contribution is -2.16. The number of rotatable bonds is 9. The van der Waals surface area contributed by atoms with E-state index in [4.69, 9.17) is 23.2 Å². The molecule has 0 aliphatic rings. The molecule has 0 radical (unpaired) electrons. The summed E-state index contributed by atoms with van der Waals surface area (Å²) >= 11 is 11.8. The first-order valence-electron chi connectivity index (χ1n) is 7.40. The van der Waals surface area contributed by atoms with E-state index in [9.17, 15) is 4.79 Å². The minimum absolute atomic E-state index is 0.0631. The predicted octanol–water partition coefficient (Wildman–Crippen LogP) is 5.19. The SMILES string of the molecule is CCCCCCCCC(=O)N/N=C/c1ccc(Cl)cc1Cl. The second-order valence-corrected chi connectivity index (χ2v) is 5.82. The highest BCUT2D eigenvalue weighted by Crippen LogP contribution is 2.19. The fourth-order valence-electron chi connectivity index (χ4n) is 1.90. The molecule has 116 valence electrons. The Bertz CT molecular complexity index is 475. The van der Waals surface area contributed by atoms with Crippen molar-refractivity contribution in [3.05, 3.63) is 33.8 Å². The van der Waals surface area contributed by atoms with E-state index in [0.717, 1.165) is 18.4 Å². The number of carbonyl (C=O) groups excluding carboxylic acids is 1. The summed E-state index contributed by atoms with van der Waals surface area (Å²) in [5.74, 6) is -0.0631. The number of carbonyl (C=O) groups is 1. The molecule has 0 unspecified atom stereocenters. The van der Waals surface area contributed by atoms with E-state index in [0.29, 0.717) is 16.5 Å². The fourth-order valence-corrected chi connectivity index (χ4v) is 2.36. The van der Waals surface area contributed by atoms with Crippen LogP contribution in [0.15, 0.2) is 23.3 Å². The maximum absolute atomic E-state index is 11.6. The zero-order valence-corrected chi connectivity index (χ0v) is 13.9. The number of hydrazone groups is 1. The molecule has 1 rings (SSSR count). The molecule has 0 fully saturated rings. The van der Waals surface area contributed by atoms with E-state index in [1.165, 1.54) is 31.9 Å². The number of nitrogens with one attached hydrogen (secondary N) is 1. The van der Waals surface area contributed by atoms with Gasteiger partial charge in [0.15, 0.2) is 0 Å². The van der Waals surface area contributed by atoms with Gasteiger partial charge in [-0.05, 0) is 18.6 Å². The molecule has 1 N–H and O–H groups in total. The zero-order chi connectivity index (χ0) is 15.5. The molecule has 21 heavy (non-hydrogen) atoms. The van der Waals surface area contributed by atoms with Crippen LogP contribution in [0.4, 0.5) is 0 Å². The van der Waals surface area contributed by atoms with Crippen molar-refractivity contribution in [1.82, 2.24) is 5.43 Å². The minimum Gasteiger partial charge on any atom is -0.273 e. The summed E-state index contributed by atoms with van der Waals surface area (Å²) in [5.41, 5.74) is 3.24. The Hall–Kier alpha value is -1.06. The summed E-state index contributed by atoms with van der Waals surface area (Å²) in [6.07, 6.45) is 9.01. The molecule has 0 atom stereocenters. The Labute approximate surface area is 136 Å². The lowest BCUT2D eigenvalue weighted by Gasteiger charge is -2.01. The van der Waals surface area contributed by atoms with Crippen molar-refractivity contribution in [3.8, 4) is 0 Å². The lowest BCUT2D eigenvalue weighted by molar-refractivity contribution is -0.121. The largest absolute Gasteiger partial charge is 0.273 e. The molecule has 0 spiro atoms. The van der Waals surface area contributed by atoms with Gasteiger partial charge in [0.05, 0.1) is 11.2 Å². The molecule has 3 nitrogen and oxygen atoms in total. The molecule has 1 amide bonds. The molecule has 0 aliphatic carbocycles. The Balaban J connectivity index is 2.21. The Morgan fingerprint density at radius 3 is 2.62 bits per heavy atom. The molecule has 0 saturated carbocycles. The van der Waals surface area contributed by atoms with Gasteiger partial charge < -0.3 is 0 Å². The van der Waals surface area contributed by atoms with E-state index >= 15 is 0 Å². The number of amides is 1. The number of nitrogens with zero attached hydrogens (tertiary/aromatic N) is 1. The van der Waals surface area contributed by atoms with Crippen LogP contribution in [0.25, 0.3) is 0 Å². The van der Waals surface area contributed by atoms with Crippen molar-refractivity contribution in [1.29, 1.82) is 0 Å². The number of hydrogen-bond donors (Lipinski definition) is 1. The van der Waals surface area contributed by atoms with Gasteiger partial charge in [0.25, 0.3) is 0 Å². The minimum atomic E-state index is -0.0631. The second-order valence-electron chi connectivity index (χ2n) is 4.98. The van der Waals surface area contributed by atoms with Crippen molar-refractivity contribution < 1.29 is 4.79 Å². The Morgan fingerprint density at radius 2 is 1.90 bits per heavy atom. The van der Waals surface area contributed by atoms with Crippen LogP contribution in [0.3, 0.4) is 0 Å². The van der Waals surface area contributed by atoms with Gasteiger partial charge in [-0.1, -0.05) is 68.3 Å². The molecule has 0 aliphatic heterocycles. The van der Waals surface area contributed by atoms with Crippen molar-refractivity contribution in [2.45, 2.75) is 51.9 Å². The third kappa shape index (κ3) is 8.08. The maximum Gasteiger partial charge on any atom is 0.240 e. The maximum atomic E-state index is 11.6. The van der Waals surface area contributed by atoms with Gasteiger partial charge in [-0.3, -0.25) is 4.79 Å². The number of hydrogen-bond acceptors (Lipinski definition) is 2. The van der Waals surface area contributed by atoms with Crippen LogP contribution in [-0.4, -0.2) is 12.1 Å². The van der Waals surface area contributed by atoms with Crippen LogP contribution in [0.2, 0.25) is 10.0 Å². The number of halogens is 2. The average molecular weight is 329 g/mol. The average Bonchev–Trinajstić information content (AvgIpc) is 2.45. The topological polar surface area (TPSA) is 41.5 Å².